The van der Waals surface area contributed by atoms with Crippen LogP contribution in [0.1, 0.15) is 11.1 Å². The standard InChI is InChI=1S/C20H24N4O4.HI/c1-26-17-8-5-15(11-18(17)27-2)13-23-19(21)22-12-14-3-6-16(7-4-14)24-9-10-28-20(24)25;/h3-8,11H,9-10,12-13H2,1-2H3,(H3,21,22,23);1H. The number of ether oxygens (including phenoxy) is 3. The Hall–Kier alpha value is -2.69. The van der Waals surface area contributed by atoms with Crippen molar-refractivity contribution in [1.29, 1.82) is 0 Å². The smallest absolute Gasteiger partial charge is 0.414 e. The number of anilines is 1. The minimum Gasteiger partial charge on any atom is -0.493 e. The molecule has 1 aliphatic heterocycles. The van der Waals surface area contributed by atoms with E-state index in [0.717, 1.165) is 16.8 Å². The van der Waals surface area contributed by atoms with E-state index in [1.807, 2.05) is 42.5 Å². The zero-order valence-electron chi connectivity index (χ0n) is 16.4. The first-order chi connectivity index (χ1) is 13.6. The zero-order valence-corrected chi connectivity index (χ0v) is 18.7. The molecular formula is C20H25IN4O4. The molecule has 0 saturated carbocycles. The van der Waals surface area contributed by atoms with E-state index in [0.29, 0.717) is 43.7 Å². The van der Waals surface area contributed by atoms with Crippen molar-refractivity contribution >= 4 is 41.7 Å². The molecule has 0 radical (unpaired) electrons. The molecule has 2 aromatic rings. The van der Waals surface area contributed by atoms with Gasteiger partial charge in [0.1, 0.15) is 6.61 Å². The summed E-state index contributed by atoms with van der Waals surface area (Å²) in [5.74, 6) is 1.68. The molecule has 0 aromatic heterocycles. The number of carbonyl (C=O) groups excluding carboxylic acids is 1. The van der Waals surface area contributed by atoms with Crippen molar-refractivity contribution in [2.45, 2.75) is 13.1 Å². The van der Waals surface area contributed by atoms with Crippen molar-refractivity contribution in [2.75, 3.05) is 32.3 Å². The minimum absolute atomic E-state index is 0. The molecular weight excluding hydrogens is 487 g/mol. The summed E-state index contributed by atoms with van der Waals surface area (Å²) in [6, 6.07) is 13.3. The van der Waals surface area contributed by atoms with Crippen LogP contribution in [-0.2, 0) is 17.8 Å². The molecule has 1 saturated heterocycles. The fourth-order valence-electron chi connectivity index (χ4n) is 2.83. The lowest BCUT2D eigenvalue weighted by atomic mass is 10.2. The Kier molecular flexibility index (Phi) is 8.37. The third-order valence-corrected chi connectivity index (χ3v) is 4.36. The first-order valence-electron chi connectivity index (χ1n) is 8.88. The molecule has 0 aliphatic carbocycles. The van der Waals surface area contributed by atoms with E-state index in [-0.39, 0.29) is 30.1 Å². The van der Waals surface area contributed by atoms with Gasteiger partial charge >= 0.3 is 6.09 Å². The largest absolute Gasteiger partial charge is 0.493 e. The second kappa shape index (κ2) is 10.7. The molecule has 3 rings (SSSR count). The molecule has 156 valence electrons. The van der Waals surface area contributed by atoms with Crippen LogP contribution in [0.2, 0.25) is 0 Å². The van der Waals surface area contributed by atoms with Gasteiger partial charge in [0, 0.05) is 12.2 Å². The van der Waals surface area contributed by atoms with E-state index in [9.17, 15) is 4.79 Å². The number of nitrogens with one attached hydrogen (secondary N) is 1. The maximum atomic E-state index is 11.6. The summed E-state index contributed by atoms with van der Waals surface area (Å²) in [5, 5.41) is 3.08. The number of methoxy groups -OCH3 is 2. The number of hydrogen-bond donors (Lipinski definition) is 2. The van der Waals surface area contributed by atoms with Crippen LogP contribution in [0.4, 0.5) is 10.5 Å². The van der Waals surface area contributed by atoms with E-state index in [1.165, 1.54) is 0 Å². The third kappa shape index (κ3) is 5.89. The second-order valence-electron chi connectivity index (χ2n) is 6.18. The van der Waals surface area contributed by atoms with Gasteiger partial charge in [-0.3, -0.25) is 4.90 Å². The molecule has 29 heavy (non-hydrogen) atoms. The average molecular weight is 512 g/mol. The summed E-state index contributed by atoms with van der Waals surface area (Å²) in [4.78, 5) is 17.5. The van der Waals surface area contributed by atoms with Gasteiger partial charge in [0.2, 0.25) is 0 Å². The minimum atomic E-state index is -0.308. The van der Waals surface area contributed by atoms with Gasteiger partial charge in [0.05, 0.1) is 27.3 Å². The van der Waals surface area contributed by atoms with Gasteiger partial charge in [-0.2, -0.15) is 0 Å². The quantitative estimate of drug-likeness (QED) is 0.337. The van der Waals surface area contributed by atoms with Gasteiger partial charge < -0.3 is 25.3 Å². The molecule has 9 heteroatoms. The van der Waals surface area contributed by atoms with Gasteiger partial charge in [0.25, 0.3) is 0 Å². The fraction of sp³-hybridized carbons (Fsp3) is 0.300. The molecule has 1 fully saturated rings. The van der Waals surface area contributed by atoms with Crippen molar-refractivity contribution in [3.05, 3.63) is 53.6 Å². The molecule has 1 amide bonds. The van der Waals surface area contributed by atoms with Gasteiger partial charge in [0.15, 0.2) is 17.5 Å². The van der Waals surface area contributed by atoms with E-state index in [2.05, 4.69) is 10.3 Å². The molecule has 0 bridgehead atoms. The summed E-state index contributed by atoms with van der Waals surface area (Å²) in [6.45, 7) is 1.96. The van der Waals surface area contributed by atoms with Crippen LogP contribution in [0.5, 0.6) is 11.5 Å². The summed E-state index contributed by atoms with van der Waals surface area (Å²) < 4.78 is 15.5. The first-order valence-corrected chi connectivity index (χ1v) is 8.88. The van der Waals surface area contributed by atoms with Gasteiger partial charge in [-0.15, -0.1) is 24.0 Å². The van der Waals surface area contributed by atoms with E-state index in [4.69, 9.17) is 19.9 Å². The van der Waals surface area contributed by atoms with Gasteiger partial charge in [-0.25, -0.2) is 9.79 Å². The number of guanidine groups is 1. The number of nitrogens with two attached hydrogens (primary N) is 1. The fourth-order valence-corrected chi connectivity index (χ4v) is 2.83. The molecule has 1 heterocycles. The Morgan fingerprint density at radius 3 is 2.45 bits per heavy atom. The van der Waals surface area contributed by atoms with Crippen LogP contribution in [-0.4, -0.2) is 39.4 Å². The maximum Gasteiger partial charge on any atom is 0.414 e. The summed E-state index contributed by atoms with van der Waals surface area (Å²) >= 11 is 0. The molecule has 0 unspecified atom stereocenters. The number of cyclic esters (lactones) is 1. The highest BCUT2D eigenvalue weighted by Gasteiger charge is 2.23. The van der Waals surface area contributed by atoms with Crippen LogP contribution in [0, 0.1) is 0 Å². The van der Waals surface area contributed by atoms with Crippen LogP contribution in [0.15, 0.2) is 47.5 Å². The lowest BCUT2D eigenvalue weighted by Crippen LogP contribution is -2.31. The number of aliphatic imine (C=N–C) groups is 1. The molecule has 0 atom stereocenters. The van der Waals surface area contributed by atoms with Crippen LogP contribution in [0.25, 0.3) is 0 Å². The topological polar surface area (TPSA) is 98.4 Å². The van der Waals surface area contributed by atoms with Crippen molar-refractivity contribution < 1.29 is 19.0 Å². The molecule has 1 aliphatic rings. The number of amides is 1. The summed E-state index contributed by atoms with van der Waals surface area (Å²) in [7, 11) is 3.19. The van der Waals surface area contributed by atoms with Gasteiger partial charge in [-0.05, 0) is 35.4 Å². The highest BCUT2D eigenvalue weighted by Crippen LogP contribution is 2.27. The monoisotopic (exact) mass is 512 g/mol. The second-order valence-corrected chi connectivity index (χ2v) is 6.18. The Bertz CT molecular complexity index is 858. The molecule has 8 nitrogen and oxygen atoms in total. The number of benzene rings is 2. The average Bonchev–Trinajstić information content (AvgIpc) is 3.16. The maximum absolute atomic E-state index is 11.6. The molecule has 3 N–H and O–H groups in total. The normalized spacial score (nSPS) is 13.5. The SMILES string of the molecule is COc1ccc(CN=C(N)NCc2ccc(N3CCOC3=O)cc2)cc1OC.I. The number of rotatable bonds is 7. The highest BCUT2D eigenvalue weighted by atomic mass is 127. The lowest BCUT2D eigenvalue weighted by Gasteiger charge is -2.13. The van der Waals surface area contributed by atoms with Crippen molar-refractivity contribution in [3.63, 3.8) is 0 Å². The number of nitrogens with zero attached hydrogens (tertiary/aromatic N) is 2. The Balaban J connectivity index is 0.00000300. The third-order valence-electron chi connectivity index (χ3n) is 4.36. The Labute approximate surface area is 187 Å². The Morgan fingerprint density at radius 2 is 1.83 bits per heavy atom. The first kappa shape index (κ1) is 22.6. The van der Waals surface area contributed by atoms with Crippen LogP contribution < -0.4 is 25.4 Å². The van der Waals surface area contributed by atoms with Gasteiger partial charge in [-0.1, -0.05) is 18.2 Å². The van der Waals surface area contributed by atoms with Crippen LogP contribution >= 0.6 is 24.0 Å². The summed E-state index contributed by atoms with van der Waals surface area (Å²) in [5.41, 5.74) is 8.77. The lowest BCUT2D eigenvalue weighted by molar-refractivity contribution is 0.181. The zero-order chi connectivity index (χ0) is 19.9. The predicted octanol–water partition coefficient (Wildman–Crippen LogP) is 2.88. The van der Waals surface area contributed by atoms with Crippen LogP contribution in [0.3, 0.4) is 0 Å². The van der Waals surface area contributed by atoms with Crippen molar-refractivity contribution in [3.8, 4) is 11.5 Å². The van der Waals surface area contributed by atoms with E-state index in [1.54, 1.807) is 19.1 Å². The Morgan fingerprint density at radius 1 is 1.14 bits per heavy atom. The molecule has 0 spiro atoms. The van der Waals surface area contributed by atoms with E-state index < -0.39 is 0 Å². The number of carbonyl (C=O) groups is 1. The van der Waals surface area contributed by atoms with Crippen molar-refractivity contribution in [2.24, 2.45) is 10.7 Å². The summed E-state index contributed by atoms with van der Waals surface area (Å²) in [6.07, 6.45) is -0.308. The number of halogens is 1. The van der Waals surface area contributed by atoms with Crippen molar-refractivity contribution in [1.82, 2.24) is 5.32 Å². The molecule has 2 aromatic carbocycles. The highest BCUT2D eigenvalue weighted by molar-refractivity contribution is 14.0. The predicted molar refractivity (Wildman–Crippen MR) is 122 cm³/mol. The number of hydrogen-bond acceptors (Lipinski definition) is 5. The van der Waals surface area contributed by atoms with E-state index >= 15 is 0 Å².